The van der Waals surface area contributed by atoms with Crippen LogP contribution in [0.4, 0.5) is 10.3 Å². The monoisotopic (exact) mass is 284 g/mol. The first-order chi connectivity index (χ1) is 10.1. The average Bonchev–Trinajstić information content (AvgIpc) is 2.88. The summed E-state index contributed by atoms with van der Waals surface area (Å²) >= 11 is 0. The number of hydrogen-bond donors (Lipinski definition) is 1. The van der Waals surface area contributed by atoms with Crippen LogP contribution in [0.25, 0.3) is 5.65 Å². The standard InChI is InChI=1S/C15H13FN4O/c1-10(11-5-3-2-4-6-11)14(21)18-15-17-13-8-7-12(16)9-20(13)19-15/h2-10H,1H3,(H,18,19,21)/t10-/m0/s1. The number of halogens is 1. The van der Waals surface area contributed by atoms with Gasteiger partial charge in [0.15, 0.2) is 5.65 Å². The zero-order valence-electron chi connectivity index (χ0n) is 11.3. The molecule has 2 aromatic heterocycles. The summed E-state index contributed by atoms with van der Waals surface area (Å²) < 4.78 is 14.4. The molecular formula is C15H13FN4O. The molecule has 0 spiro atoms. The molecule has 3 aromatic rings. The Hall–Kier alpha value is -2.76. The number of fused-ring (bicyclic) bond motifs is 1. The molecule has 5 nitrogen and oxygen atoms in total. The summed E-state index contributed by atoms with van der Waals surface area (Å²) in [6.07, 6.45) is 1.21. The molecule has 6 heteroatoms. The Labute approximate surface area is 120 Å². The lowest BCUT2D eigenvalue weighted by Crippen LogP contribution is -2.19. The van der Waals surface area contributed by atoms with Gasteiger partial charge in [0.1, 0.15) is 5.82 Å². The first kappa shape index (κ1) is 13.2. The van der Waals surface area contributed by atoms with E-state index in [-0.39, 0.29) is 17.8 Å². The second kappa shape index (κ2) is 5.32. The van der Waals surface area contributed by atoms with Gasteiger partial charge in [-0.15, -0.1) is 5.10 Å². The molecule has 0 aliphatic heterocycles. The quantitative estimate of drug-likeness (QED) is 0.804. The summed E-state index contributed by atoms with van der Waals surface area (Å²) in [6.45, 7) is 1.81. The molecule has 106 valence electrons. The van der Waals surface area contributed by atoms with Crippen molar-refractivity contribution in [1.29, 1.82) is 0 Å². The van der Waals surface area contributed by atoms with Crippen LogP contribution in [0, 0.1) is 5.82 Å². The van der Waals surface area contributed by atoms with Crippen LogP contribution in [-0.4, -0.2) is 20.5 Å². The predicted molar refractivity (Wildman–Crippen MR) is 76.4 cm³/mol. The largest absolute Gasteiger partial charge is 0.293 e. The third-order valence-electron chi connectivity index (χ3n) is 3.22. The Morgan fingerprint density at radius 2 is 2.00 bits per heavy atom. The predicted octanol–water partition coefficient (Wildman–Crippen LogP) is 2.61. The van der Waals surface area contributed by atoms with Crippen molar-refractivity contribution in [2.45, 2.75) is 12.8 Å². The molecule has 3 rings (SSSR count). The number of rotatable bonds is 3. The lowest BCUT2D eigenvalue weighted by Gasteiger charge is -2.10. The second-order valence-corrected chi connectivity index (χ2v) is 4.71. The van der Waals surface area contributed by atoms with Crippen molar-refractivity contribution >= 4 is 17.5 Å². The molecule has 0 radical (unpaired) electrons. The highest BCUT2D eigenvalue weighted by Crippen LogP contribution is 2.16. The number of carbonyl (C=O) groups excluding carboxylic acids is 1. The number of anilines is 1. The van der Waals surface area contributed by atoms with Crippen LogP contribution < -0.4 is 5.32 Å². The van der Waals surface area contributed by atoms with Crippen LogP contribution in [0.3, 0.4) is 0 Å². The molecule has 0 bridgehead atoms. The Morgan fingerprint density at radius 3 is 2.76 bits per heavy atom. The molecule has 0 saturated carbocycles. The Kier molecular flexibility index (Phi) is 3.35. The number of aromatic nitrogens is 3. The van der Waals surface area contributed by atoms with Crippen molar-refractivity contribution in [1.82, 2.24) is 14.6 Å². The lowest BCUT2D eigenvalue weighted by atomic mass is 10.0. The van der Waals surface area contributed by atoms with E-state index in [0.717, 1.165) is 5.56 Å². The first-order valence-electron chi connectivity index (χ1n) is 6.51. The fourth-order valence-electron chi connectivity index (χ4n) is 2.02. The highest BCUT2D eigenvalue weighted by atomic mass is 19.1. The van der Waals surface area contributed by atoms with Crippen molar-refractivity contribution in [3.05, 3.63) is 60.0 Å². The highest BCUT2D eigenvalue weighted by Gasteiger charge is 2.17. The molecule has 1 atom stereocenters. The van der Waals surface area contributed by atoms with E-state index in [9.17, 15) is 9.18 Å². The molecule has 0 saturated heterocycles. The minimum absolute atomic E-state index is 0.161. The van der Waals surface area contributed by atoms with Crippen LogP contribution in [-0.2, 0) is 4.79 Å². The molecule has 0 unspecified atom stereocenters. The van der Waals surface area contributed by atoms with E-state index in [1.165, 1.54) is 22.8 Å². The number of hydrogen-bond acceptors (Lipinski definition) is 3. The maximum Gasteiger partial charge on any atom is 0.249 e. The van der Waals surface area contributed by atoms with E-state index in [1.54, 1.807) is 6.92 Å². The summed E-state index contributed by atoms with van der Waals surface area (Å²) in [4.78, 5) is 16.3. The minimum atomic E-state index is -0.414. The van der Waals surface area contributed by atoms with Crippen LogP contribution in [0.1, 0.15) is 18.4 Å². The fraction of sp³-hybridized carbons (Fsp3) is 0.133. The summed E-state index contributed by atoms with van der Waals surface area (Å²) in [7, 11) is 0. The zero-order valence-corrected chi connectivity index (χ0v) is 11.3. The average molecular weight is 284 g/mol. The van der Waals surface area contributed by atoms with E-state index < -0.39 is 5.82 Å². The van der Waals surface area contributed by atoms with Crippen LogP contribution in [0.15, 0.2) is 48.7 Å². The molecule has 1 aromatic carbocycles. The smallest absolute Gasteiger partial charge is 0.249 e. The van der Waals surface area contributed by atoms with Gasteiger partial charge in [0.2, 0.25) is 11.9 Å². The molecular weight excluding hydrogens is 271 g/mol. The number of pyridine rings is 1. The first-order valence-corrected chi connectivity index (χ1v) is 6.51. The SMILES string of the molecule is C[C@H](C(=O)Nc1nc2ccc(F)cn2n1)c1ccccc1. The van der Waals surface area contributed by atoms with E-state index >= 15 is 0 Å². The van der Waals surface area contributed by atoms with Gasteiger partial charge >= 0.3 is 0 Å². The second-order valence-electron chi connectivity index (χ2n) is 4.71. The van der Waals surface area contributed by atoms with Gasteiger partial charge < -0.3 is 0 Å². The molecule has 1 amide bonds. The Bertz CT molecular complexity index is 785. The summed E-state index contributed by atoms with van der Waals surface area (Å²) in [5, 5.41) is 6.67. The van der Waals surface area contributed by atoms with Gasteiger partial charge in [0, 0.05) is 0 Å². The molecule has 0 fully saturated rings. The minimum Gasteiger partial charge on any atom is -0.293 e. The van der Waals surface area contributed by atoms with Crippen LogP contribution >= 0.6 is 0 Å². The van der Waals surface area contributed by atoms with Crippen molar-refractivity contribution in [2.75, 3.05) is 5.32 Å². The third-order valence-corrected chi connectivity index (χ3v) is 3.22. The highest BCUT2D eigenvalue weighted by molar-refractivity contribution is 5.94. The maximum absolute atomic E-state index is 13.1. The number of carbonyl (C=O) groups is 1. The third kappa shape index (κ3) is 2.74. The molecule has 0 aliphatic rings. The van der Waals surface area contributed by atoms with Gasteiger partial charge in [0.05, 0.1) is 12.1 Å². The van der Waals surface area contributed by atoms with Gasteiger partial charge in [-0.2, -0.15) is 4.98 Å². The van der Waals surface area contributed by atoms with Gasteiger partial charge in [-0.1, -0.05) is 30.3 Å². The van der Waals surface area contributed by atoms with Crippen molar-refractivity contribution < 1.29 is 9.18 Å². The van der Waals surface area contributed by atoms with E-state index in [1.807, 2.05) is 30.3 Å². The molecule has 2 heterocycles. The number of nitrogens with zero attached hydrogens (tertiary/aromatic N) is 3. The summed E-state index contributed by atoms with van der Waals surface area (Å²) in [5.41, 5.74) is 1.38. The number of amides is 1. The van der Waals surface area contributed by atoms with Crippen molar-refractivity contribution in [3.63, 3.8) is 0 Å². The Balaban J connectivity index is 1.80. The number of nitrogens with one attached hydrogen (secondary N) is 1. The van der Waals surface area contributed by atoms with Gasteiger partial charge in [-0.25, -0.2) is 8.91 Å². The van der Waals surface area contributed by atoms with E-state index in [0.29, 0.717) is 5.65 Å². The molecule has 21 heavy (non-hydrogen) atoms. The topological polar surface area (TPSA) is 59.3 Å². The summed E-state index contributed by atoms with van der Waals surface area (Å²) in [5.74, 6) is -0.788. The van der Waals surface area contributed by atoms with Crippen molar-refractivity contribution in [3.8, 4) is 0 Å². The normalized spacial score (nSPS) is 12.3. The number of benzene rings is 1. The van der Waals surface area contributed by atoms with Crippen LogP contribution in [0.2, 0.25) is 0 Å². The molecule has 1 N–H and O–H groups in total. The van der Waals surface area contributed by atoms with Crippen molar-refractivity contribution in [2.24, 2.45) is 0 Å². The fourth-order valence-corrected chi connectivity index (χ4v) is 2.02. The van der Waals surface area contributed by atoms with Gasteiger partial charge in [0.25, 0.3) is 0 Å². The molecule has 0 aliphatic carbocycles. The van der Waals surface area contributed by atoms with Gasteiger partial charge in [-0.05, 0) is 24.6 Å². The Morgan fingerprint density at radius 1 is 1.24 bits per heavy atom. The van der Waals surface area contributed by atoms with E-state index in [2.05, 4.69) is 15.4 Å². The maximum atomic E-state index is 13.1. The van der Waals surface area contributed by atoms with Gasteiger partial charge in [-0.3, -0.25) is 10.1 Å². The van der Waals surface area contributed by atoms with E-state index in [4.69, 9.17) is 0 Å². The van der Waals surface area contributed by atoms with Crippen LogP contribution in [0.5, 0.6) is 0 Å². The summed E-state index contributed by atoms with van der Waals surface area (Å²) in [6, 6.07) is 12.2. The lowest BCUT2D eigenvalue weighted by molar-refractivity contribution is -0.117. The zero-order chi connectivity index (χ0) is 14.8.